The molecule has 0 unspecified atom stereocenters. The minimum absolute atomic E-state index is 0.0475. The summed E-state index contributed by atoms with van der Waals surface area (Å²) in [5, 5.41) is 9.08. The second kappa shape index (κ2) is 10.3. The molecule has 1 amide bonds. The predicted molar refractivity (Wildman–Crippen MR) is 124 cm³/mol. The predicted octanol–water partition coefficient (Wildman–Crippen LogP) is 2.92. The number of primary amides is 1. The summed E-state index contributed by atoms with van der Waals surface area (Å²) in [6.07, 6.45) is 4.96. The minimum Gasteiger partial charge on any atom is -0.435 e. The van der Waals surface area contributed by atoms with E-state index in [1.54, 1.807) is 12.1 Å². The topological polar surface area (TPSA) is 149 Å². The van der Waals surface area contributed by atoms with Gasteiger partial charge in [-0.15, -0.1) is 0 Å². The van der Waals surface area contributed by atoms with Crippen molar-refractivity contribution in [1.29, 1.82) is 5.26 Å². The van der Waals surface area contributed by atoms with Crippen LogP contribution in [0.25, 0.3) is 11.3 Å². The van der Waals surface area contributed by atoms with Crippen molar-refractivity contribution in [3.05, 3.63) is 48.2 Å². The Labute approximate surface area is 200 Å². The molecular weight excluding hydrogens is 458 g/mol. The number of ether oxygens (including phenoxy) is 1. The lowest BCUT2D eigenvalue weighted by Crippen LogP contribution is -2.36. The van der Waals surface area contributed by atoms with Crippen molar-refractivity contribution < 1.29 is 18.3 Å². The number of carbonyl (C=O) groups excluding carboxylic acids is 1. The fourth-order valence-electron chi connectivity index (χ4n) is 4.27. The number of hydrogen-bond acceptors (Lipinski definition) is 8. The summed E-state index contributed by atoms with van der Waals surface area (Å²) in [5.41, 5.74) is 12.9. The molecule has 12 heteroatoms. The number of carbonyl (C=O) groups is 1. The summed E-state index contributed by atoms with van der Waals surface area (Å²) in [6, 6.07) is 8.44. The van der Waals surface area contributed by atoms with Crippen LogP contribution < -0.4 is 21.1 Å². The van der Waals surface area contributed by atoms with Gasteiger partial charge in [0.2, 0.25) is 0 Å². The summed E-state index contributed by atoms with van der Waals surface area (Å²) in [4.78, 5) is 26.8. The fraction of sp³-hybridized carbons (Fsp3) is 0.348. The Kier molecular flexibility index (Phi) is 7.05. The maximum absolute atomic E-state index is 12.4. The van der Waals surface area contributed by atoms with Crippen LogP contribution in [0.5, 0.6) is 5.75 Å². The molecule has 3 aromatic rings. The molecule has 1 aliphatic heterocycles. The first kappa shape index (κ1) is 23.9. The normalized spacial score (nSPS) is 14.2. The minimum atomic E-state index is -2.89. The van der Waals surface area contributed by atoms with Gasteiger partial charge >= 0.3 is 6.61 Å². The lowest BCUT2D eigenvalue weighted by Gasteiger charge is -2.33. The summed E-state index contributed by atoms with van der Waals surface area (Å²) in [6.45, 7) is -1.20. The lowest BCUT2D eigenvalue weighted by atomic mass is 9.95. The Morgan fingerprint density at radius 3 is 2.57 bits per heavy atom. The van der Waals surface area contributed by atoms with Crippen molar-refractivity contribution >= 4 is 17.5 Å². The molecule has 0 aliphatic carbocycles. The first-order valence-electron chi connectivity index (χ1n) is 11.0. The number of hydrogen-bond donors (Lipinski definition) is 2. The average Bonchev–Trinajstić information content (AvgIpc) is 3.26. The van der Waals surface area contributed by atoms with Gasteiger partial charge < -0.3 is 25.7 Å². The Morgan fingerprint density at radius 1 is 1.23 bits per heavy atom. The number of rotatable bonds is 8. The van der Waals surface area contributed by atoms with Gasteiger partial charge in [0.15, 0.2) is 0 Å². The highest BCUT2D eigenvalue weighted by molar-refractivity contribution is 6.01. The molecule has 0 saturated carbocycles. The van der Waals surface area contributed by atoms with Crippen LogP contribution in [0.15, 0.2) is 36.8 Å². The van der Waals surface area contributed by atoms with Crippen molar-refractivity contribution in [2.24, 2.45) is 5.73 Å². The molecule has 0 spiro atoms. The third kappa shape index (κ3) is 5.29. The quantitative estimate of drug-likeness (QED) is 0.498. The van der Waals surface area contributed by atoms with Crippen LogP contribution in [0.4, 0.5) is 20.4 Å². The molecule has 1 fully saturated rings. The molecule has 10 nitrogen and oxygen atoms in total. The maximum atomic E-state index is 12.4. The standard InChI is InChI=1S/C23H24F2N8O2/c24-23(25)35-16-4-2-14(3-5-16)17-12-33(9-1-8-26)21(31-17)15-6-10-32(11-7-15)22-18(20(28)34)19(27)29-13-30-22/h2-5,12-13,15,23H,1,6-7,9-11H2,(H2,28,34)(H2,27,29,30). The molecule has 0 atom stereocenters. The van der Waals surface area contributed by atoms with E-state index in [4.69, 9.17) is 21.7 Å². The molecule has 0 bridgehead atoms. The third-order valence-electron chi connectivity index (χ3n) is 5.91. The van der Waals surface area contributed by atoms with Crippen molar-refractivity contribution in [2.45, 2.75) is 38.3 Å². The third-order valence-corrected chi connectivity index (χ3v) is 5.91. The highest BCUT2D eigenvalue weighted by Crippen LogP contribution is 2.33. The van der Waals surface area contributed by atoms with E-state index < -0.39 is 12.5 Å². The maximum Gasteiger partial charge on any atom is 0.387 e. The van der Waals surface area contributed by atoms with Gasteiger partial charge in [0, 0.05) is 37.3 Å². The molecule has 0 radical (unpaired) electrons. The van der Waals surface area contributed by atoms with Crippen molar-refractivity contribution in [1.82, 2.24) is 19.5 Å². The number of anilines is 2. The SMILES string of the molecule is N#CCCn1cc(-c2ccc(OC(F)F)cc2)nc1C1CCN(c2ncnc(N)c2C(N)=O)CC1. The van der Waals surface area contributed by atoms with Crippen molar-refractivity contribution in [3.8, 4) is 23.1 Å². The number of aryl methyl sites for hydroxylation is 1. The fourth-order valence-corrected chi connectivity index (χ4v) is 4.27. The molecule has 4 rings (SSSR count). The van der Waals surface area contributed by atoms with Gasteiger partial charge in [-0.05, 0) is 37.1 Å². The van der Waals surface area contributed by atoms with E-state index in [1.165, 1.54) is 18.5 Å². The number of nitriles is 1. The van der Waals surface area contributed by atoms with Crippen LogP contribution in [-0.4, -0.2) is 45.1 Å². The summed E-state index contributed by atoms with van der Waals surface area (Å²) in [7, 11) is 0. The second-order valence-corrected chi connectivity index (χ2v) is 8.07. The number of benzene rings is 1. The molecule has 1 saturated heterocycles. The molecule has 1 aliphatic rings. The van der Waals surface area contributed by atoms with Gasteiger partial charge in [0.25, 0.3) is 5.91 Å². The Balaban J connectivity index is 1.54. The van der Waals surface area contributed by atoms with Crippen LogP contribution in [-0.2, 0) is 6.54 Å². The number of halogens is 2. The van der Waals surface area contributed by atoms with Crippen LogP contribution in [0, 0.1) is 11.3 Å². The summed E-state index contributed by atoms with van der Waals surface area (Å²) in [5.74, 6) is 0.814. The van der Waals surface area contributed by atoms with Gasteiger partial charge in [-0.1, -0.05) is 0 Å². The van der Waals surface area contributed by atoms with Gasteiger partial charge in [-0.3, -0.25) is 4.79 Å². The first-order chi connectivity index (χ1) is 16.9. The van der Waals surface area contributed by atoms with Crippen LogP contribution in [0.1, 0.15) is 41.4 Å². The number of aromatic nitrogens is 4. The van der Waals surface area contributed by atoms with E-state index in [-0.39, 0.29) is 23.0 Å². The summed E-state index contributed by atoms with van der Waals surface area (Å²) >= 11 is 0. The number of nitrogen functional groups attached to an aromatic ring is 1. The molecule has 2 aromatic heterocycles. The molecule has 1 aromatic carbocycles. The van der Waals surface area contributed by atoms with E-state index in [0.717, 1.165) is 24.2 Å². The van der Waals surface area contributed by atoms with E-state index in [9.17, 15) is 13.6 Å². The molecular formula is C23H24F2N8O2. The van der Waals surface area contributed by atoms with E-state index in [0.29, 0.717) is 37.6 Å². The van der Waals surface area contributed by atoms with Crippen molar-refractivity contribution in [3.63, 3.8) is 0 Å². The number of imidazole rings is 1. The number of nitrogens with two attached hydrogens (primary N) is 2. The lowest BCUT2D eigenvalue weighted by molar-refractivity contribution is -0.0498. The molecule has 182 valence electrons. The number of piperidine rings is 1. The smallest absolute Gasteiger partial charge is 0.387 e. The Morgan fingerprint density at radius 2 is 1.94 bits per heavy atom. The van der Waals surface area contributed by atoms with Gasteiger partial charge in [0.1, 0.15) is 35.1 Å². The number of alkyl halides is 2. The van der Waals surface area contributed by atoms with Crippen LogP contribution >= 0.6 is 0 Å². The van der Waals surface area contributed by atoms with Crippen molar-refractivity contribution in [2.75, 3.05) is 23.7 Å². The van der Waals surface area contributed by atoms with Gasteiger partial charge in [0.05, 0.1) is 18.2 Å². The highest BCUT2D eigenvalue weighted by atomic mass is 19.3. The second-order valence-electron chi connectivity index (χ2n) is 8.07. The van der Waals surface area contributed by atoms with E-state index >= 15 is 0 Å². The largest absolute Gasteiger partial charge is 0.435 e. The van der Waals surface area contributed by atoms with Gasteiger partial charge in [-0.25, -0.2) is 15.0 Å². The zero-order valence-electron chi connectivity index (χ0n) is 18.8. The zero-order valence-corrected chi connectivity index (χ0v) is 18.8. The average molecular weight is 482 g/mol. The summed E-state index contributed by atoms with van der Waals surface area (Å²) < 4.78 is 31.3. The molecule has 3 heterocycles. The zero-order chi connectivity index (χ0) is 24.9. The van der Waals surface area contributed by atoms with Crippen LogP contribution in [0.2, 0.25) is 0 Å². The number of nitrogens with zero attached hydrogens (tertiary/aromatic N) is 6. The van der Waals surface area contributed by atoms with Crippen LogP contribution in [0.3, 0.4) is 0 Å². The van der Waals surface area contributed by atoms with E-state index in [2.05, 4.69) is 20.8 Å². The van der Waals surface area contributed by atoms with Gasteiger partial charge in [-0.2, -0.15) is 14.0 Å². The number of amides is 1. The monoisotopic (exact) mass is 482 g/mol. The van der Waals surface area contributed by atoms with E-state index in [1.807, 2.05) is 15.7 Å². The first-order valence-corrected chi connectivity index (χ1v) is 11.0. The Bertz CT molecular complexity index is 1230. The molecule has 4 N–H and O–H groups in total. The Hall–Kier alpha value is -4.27. The molecule has 35 heavy (non-hydrogen) atoms. The highest BCUT2D eigenvalue weighted by Gasteiger charge is 2.28.